The molecule has 0 heterocycles. The number of halogens is 1. The SMILES string of the molecule is O=C(O)CCCNC(=O)/C(=C\c1ccccc1F)NC(=O)c1ccccc1. The maximum Gasteiger partial charge on any atom is 0.303 e. The lowest BCUT2D eigenvalue weighted by atomic mass is 10.1. The summed E-state index contributed by atoms with van der Waals surface area (Å²) in [6.45, 7) is 0.112. The fourth-order valence-corrected chi connectivity index (χ4v) is 2.23. The second kappa shape index (κ2) is 9.86. The van der Waals surface area contributed by atoms with E-state index in [0.29, 0.717) is 5.56 Å². The fraction of sp³-hybridized carbons (Fsp3) is 0.150. The van der Waals surface area contributed by atoms with E-state index in [0.717, 1.165) is 0 Å². The number of hydrogen-bond donors (Lipinski definition) is 3. The predicted octanol–water partition coefficient (Wildman–Crippen LogP) is 2.58. The van der Waals surface area contributed by atoms with E-state index in [1.54, 1.807) is 36.4 Å². The highest BCUT2D eigenvalue weighted by Gasteiger charge is 2.15. The van der Waals surface area contributed by atoms with Gasteiger partial charge in [0, 0.05) is 24.1 Å². The molecule has 6 nitrogen and oxygen atoms in total. The molecular weight excluding hydrogens is 351 g/mol. The molecule has 7 heteroatoms. The first-order valence-corrected chi connectivity index (χ1v) is 8.30. The molecule has 0 atom stereocenters. The third-order valence-electron chi connectivity index (χ3n) is 3.59. The summed E-state index contributed by atoms with van der Waals surface area (Å²) in [5.74, 6) is -2.65. The van der Waals surface area contributed by atoms with Crippen LogP contribution in [0.15, 0.2) is 60.3 Å². The monoisotopic (exact) mass is 370 g/mol. The highest BCUT2D eigenvalue weighted by molar-refractivity contribution is 6.05. The second-order valence-electron chi connectivity index (χ2n) is 5.65. The molecule has 0 saturated heterocycles. The first-order chi connectivity index (χ1) is 13.0. The summed E-state index contributed by atoms with van der Waals surface area (Å²) in [6.07, 6.45) is 1.38. The number of aliphatic carboxylic acids is 1. The number of carbonyl (C=O) groups is 3. The van der Waals surface area contributed by atoms with Crippen LogP contribution in [0.2, 0.25) is 0 Å². The van der Waals surface area contributed by atoms with E-state index >= 15 is 0 Å². The van der Waals surface area contributed by atoms with Crippen LogP contribution in [0.3, 0.4) is 0 Å². The molecule has 2 amide bonds. The van der Waals surface area contributed by atoms with Crippen LogP contribution >= 0.6 is 0 Å². The summed E-state index contributed by atoms with van der Waals surface area (Å²) in [5.41, 5.74) is 0.349. The van der Waals surface area contributed by atoms with E-state index in [1.165, 1.54) is 24.3 Å². The molecule has 0 aliphatic rings. The van der Waals surface area contributed by atoms with Crippen LogP contribution in [0.5, 0.6) is 0 Å². The highest BCUT2D eigenvalue weighted by Crippen LogP contribution is 2.11. The Labute approximate surface area is 155 Å². The van der Waals surface area contributed by atoms with Crippen LogP contribution in [0.25, 0.3) is 6.08 Å². The van der Waals surface area contributed by atoms with Crippen molar-refractivity contribution < 1.29 is 23.9 Å². The van der Waals surface area contributed by atoms with E-state index < -0.39 is 23.6 Å². The lowest BCUT2D eigenvalue weighted by Gasteiger charge is -2.11. The molecule has 0 saturated carbocycles. The van der Waals surface area contributed by atoms with Crippen molar-refractivity contribution in [3.63, 3.8) is 0 Å². The summed E-state index contributed by atoms with van der Waals surface area (Å²) in [7, 11) is 0. The number of rotatable bonds is 8. The van der Waals surface area contributed by atoms with Crippen molar-refractivity contribution in [2.24, 2.45) is 0 Å². The number of nitrogens with one attached hydrogen (secondary N) is 2. The average Bonchev–Trinajstić information content (AvgIpc) is 2.66. The number of benzene rings is 2. The Kier molecular flexibility index (Phi) is 7.25. The van der Waals surface area contributed by atoms with Gasteiger partial charge in [0.2, 0.25) is 0 Å². The van der Waals surface area contributed by atoms with Crippen LogP contribution in [0.4, 0.5) is 4.39 Å². The van der Waals surface area contributed by atoms with Crippen molar-refractivity contribution in [1.29, 1.82) is 0 Å². The zero-order valence-electron chi connectivity index (χ0n) is 14.4. The Morgan fingerprint density at radius 3 is 2.33 bits per heavy atom. The molecule has 3 N–H and O–H groups in total. The van der Waals surface area contributed by atoms with Gasteiger partial charge in [0.15, 0.2) is 0 Å². The van der Waals surface area contributed by atoms with Crippen molar-refractivity contribution in [3.8, 4) is 0 Å². The third kappa shape index (κ3) is 6.39. The summed E-state index contributed by atoms with van der Waals surface area (Å²) < 4.78 is 13.9. The molecule has 0 fully saturated rings. The molecule has 0 unspecified atom stereocenters. The van der Waals surface area contributed by atoms with Gasteiger partial charge in [-0.05, 0) is 30.7 Å². The van der Waals surface area contributed by atoms with Gasteiger partial charge in [-0.3, -0.25) is 14.4 Å². The van der Waals surface area contributed by atoms with E-state index in [9.17, 15) is 18.8 Å². The molecule has 0 radical (unpaired) electrons. The average molecular weight is 370 g/mol. The summed E-state index contributed by atoms with van der Waals surface area (Å²) in [5, 5.41) is 13.6. The van der Waals surface area contributed by atoms with E-state index in [2.05, 4.69) is 10.6 Å². The molecule has 0 aromatic heterocycles. The topological polar surface area (TPSA) is 95.5 Å². The highest BCUT2D eigenvalue weighted by atomic mass is 19.1. The first-order valence-electron chi connectivity index (χ1n) is 8.30. The van der Waals surface area contributed by atoms with Crippen molar-refractivity contribution in [2.45, 2.75) is 12.8 Å². The number of carboxylic acids is 1. The van der Waals surface area contributed by atoms with Gasteiger partial charge in [0.05, 0.1) is 0 Å². The minimum Gasteiger partial charge on any atom is -0.481 e. The Balaban J connectivity index is 2.18. The Morgan fingerprint density at radius 1 is 1.00 bits per heavy atom. The maximum atomic E-state index is 13.9. The van der Waals surface area contributed by atoms with Crippen LogP contribution in [-0.2, 0) is 9.59 Å². The zero-order chi connectivity index (χ0) is 19.6. The number of carboxylic acid groups (broad SMARTS) is 1. The number of amides is 2. The van der Waals surface area contributed by atoms with E-state index in [-0.39, 0.29) is 30.6 Å². The van der Waals surface area contributed by atoms with Gasteiger partial charge in [0.25, 0.3) is 11.8 Å². The van der Waals surface area contributed by atoms with Gasteiger partial charge < -0.3 is 15.7 Å². The largest absolute Gasteiger partial charge is 0.481 e. The quantitative estimate of drug-likeness (QED) is 0.492. The lowest BCUT2D eigenvalue weighted by Crippen LogP contribution is -2.35. The molecule has 2 rings (SSSR count). The van der Waals surface area contributed by atoms with Crippen LogP contribution in [-0.4, -0.2) is 29.4 Å². The Bertz CT molecular complexity index is 850. The van der Waals surface area contributed by atoms with Crippen molar-refractivity contribution in [3.05, 3.63) is 77.2 Å². The smallest absolute Gasteiger partial charge is 0.303 e. The predicted molar refractivity (Wildman–Crippen MR) is 98.2 cm³/mol. The molecule has 2 aromatic rings. The summed E-state index contributed by atoms with van der Waals surface area (Å²) in [6, 6.07) is 14.1. The second-order valence-corrected chi connectivity index (χ2v) is 5.65. The van der Waals surface area contributed by atoms with Crippen LogP contribution in [0.1, 0.15) is 28.8 Å². The molecular formula is C20H19FN2O4. The zero-order valence-corrected chi connectivity index (χ0v) is 14.4. The Morgan fingerprint density at radius 2 is 1.67 bits per heavy atom. The van der Waals surface area contributed by atoms with Gasteiger partial charge in [-0.2, -0.15) is 0 Å². The normalized spacial score (nSPS) is 10.9. The van der Waals surface area contributed by atoms with Gasteiger partial charge in [-0.15, -0.1) is 0 Å². The molecule has 140 valence electrons. The third-order valence-corrected chi connectivity index (χ3v) is 3.59. The van der Waals surface area contributed by atoms with E-state index in [1.807, 2.05) is 0 Å². The van der Waals surface area contributed by atoms with Crippen molar-refractivity contribution >= 4 is 23.9 Å². The Hall–Kier alpha value is -3.48. The fourth-order valence-electron chi connectivity index (χ4n) is 2.23. The van der Waals surface area contributed by atoms with Crippen molar-refractivity contribution in [2.75, 3.05) is 6.54 Å². The van der Waals surface area contributed by atoms with Gasteiger partial charge in [-0.25, -0.2) is 4.39 Å². The maximum absolute atomic E-state index is 13.9. The molecule has 0 bridgehead atoms. The lowest BCUT2D eigenvalue weighted by molar-refractivity contribution is -0.137. The number of carbonyl (C=O) groups excluding carboxylic acids is 2. The van der Waals surface area contributed by atoms with Gasteiger partial charge in [0.1, 0.15) is 11.5 Å². The van der Waals surface area contributed by atoms with Crippen LogP contribution in [0, 0.1) is 5.82 Å². The standard InChI is InChI=1S/C20H19FN2O4/c21-16-10-5-4-9-15(16)13-17(20(27)22-12-6-11-18(24)25)23-19(26)14-7-2-1-3-8-14/h1-5,7-10,13H,6,11-12H2,(H,22,27)(H,23,26)(H,24,25)/b17-13+. The summed E-state index contributed by atoms with van der Waals surface area (Å²) in [4.78, 5) is 35.3. The number of hydrogen-bond acceptors (Lipinski definition) is 3. The van der Waals surface area contributed by atoms with Gasteiger partial charge >= 0.3 is 5.97 Å². The van der Waals surface area contributed by atoms with Crippen LogP contribution < -0.4 is 10.6 Å². The molecule has 2 aromatic carbocycles. The minimum absolute atomic E-state index is 0.0942. The minimum atomic E-state index is -0.969. The molecule has 0 spiro atoms. The first kappa shape index (κ1) is 19.8. The van der Waals surface area contributed by atoms with Crippen molar-refractivity contribution in [1.82, 2.24) is 10.6 Å². The molecule has 0 aliphatic carbocycles. The van der Waals surface area contributed by atoms with Gasteiger partial charge in [-0.1, -0.05) is 36.4 Å². The molecule has 0 aliphatic heterocycles. The summed E-state index contributed by atoms with van der Waals surface area (Å²) >= 11 is 0. The van der Waals surface area contributed by atoms with E-state index in [4.69, 9.17) is 5.11 Å². The molecule has 27 heavy (non-hydrogen) atoms.